The molecular formula is C15H27N3. The molecule has 0 amide bonds. The number of rotatable bonds is 6. The van der Waals surface area contributed by atoms with Gasteiger partial charge in [0, 0.05) is 36.5 Å². The van der Waals surface area contributed by atoms with Crippen molar-refractivity contribution in [2.24, 2.45) is 0 Å². The van der Waals surface area contributed by atoms with Gasteiger partial charge in [0.15, 0.2) is 0 Å². The van der Waals surface area contributed by atoms with Crippen molar-refractivity contribution in [3.63, 3.8) is 0 Å². The lowest BCUT2D eigenvalue weighted by Crippen LogP contribution is -2.40. The average Bonchev–Trinajstić information content (AvgIpc) is 2.25. The summed E-state index contributed by atoms with van der Waals surface area (Å²) in [7, 11) is 0. The van der Waals surface area contributed by atoms with Gasteiger partial charge in [-0.05, 0) is 58.4 Å². The highest BCUT2D eigenvalue weighted by Gasteiger charge is 2.12. The molecule has 3 N–H and O–H groups in total. The molecule has 0 saturated carbocycles. The Kier molecular flexibility index (Phi) is 5.48. The number of benzene rings is 1. The monoisotopic (exact) mass is 249 g/mol. The van der Waals surface area contributed by atoms with Crippen LogP contribution in [0.3, 0.4) is 0 Å². The summed E-state index contributed by atoms with van der Waals surface area (Å²) < 4.78 is 0. The topological polar surface area (TPSA) is 41.3 Å². The van der Waals surface area contributed by atoms with Gasteiger partial charge >= 0.3 is 0 Å². The zero-order valence-corrected chi connectivity index (χ0v) is 12.3. The quantitative estimate of drug-likeness (QED) is 0.761. The van der Waals surface area contributed by atoms with Gasteiger partial charge < -0.3 is 11.1 Å². The van der Waals surface area contributed by atoms with Crippen LogP contribution in [-0.2, 0) is 0 Å². The SMILES string of the molecule is Cc1cc(N)ccc1NCCN(C(C)C)C(C)C. The Bertz CT molecular complexity index is 364. The first-order valence-electron chi connectivity index (χ1n) is 6.77. The van der Waals surface area contributed by atoms with Crippen LogP contribution < -0.4 is 11.1 Å². The number of nitrogens with zero attached hydrogens (tertiary/aromatic N) is 1. The summed E-state index contributed by atoms with van der Waals surface area (Å²) in [5.74, 6) is 0. The first-order chi connectivity index (χ1) is 8.41. The zero-order valence-electron chi connectivity index (χ0n) is 12.3. The van der Waals surface area contributed by atoms with Crippen molar-refractivity contribution in [1.82, 2.24) is 4.90 Å². The summed E-state index contributed by atoms with van der Waals surface area (Å²) in [6.07, 6.45) is 0. The maximum Gasteiger partial charge on any atom is 0.0371 e. The predicted molar refractivity (Wildman–Crippen MR) is 81.1 cm³/mol. The molecule has 0 radical (unpaired) electrons. The molecular weight excluding hydrogens is 222 g/mol. The third-order valence-corrected chi connectivity index (χ3v) is 3.26. The van der Waals surface area contributed by atoms with E-state index < -0.39 is 0 Å². The van der Waals surface area contributed by atoms with Crippen molar-refractivity contribution in [2.75, 3.05) is 24.1 Å². The Morgan fingerprint density at radius 3 is 2.28 bits per heavy atom. The summed E-state index contributed by atoms with van der Waals surface area (Å²) in [4.78, 5) is 2.49. The summed E-state index contributed by atoms with van der Waals surface area (Å²) >= 11 is 0. The highest BCUT2D eigenvalue weighted by Crippen LogP contribution is 2.17. The van der Waals surface area contributed by atoms with Crippen LogP contribution in [0.5, 0.6) is 0 Å². The largest absolute Gasteiger partial charge is 0.399 e. The Labute approximate surface area is 111 Å². The Morgan fingerprint density at radius 2 is 1.78 bits per heavy atom. The van der Waals surface area contributed by atoms with Gasteiger partial charge in [0.05, 0.1) is 0 Å². The van der Waals surface area contributed by atoms with Crippen LogP contribution in [0, 0.1) is 6.92 Å². The minimum atomic E-state index is 0.583. The van der Waals surface area contributed by atoms with Gasteiger partial charge in [0.25, 0.3) is 0 Å². The van der Waals surface area contributed by atoms with E-state index in [4.69, 9.17) is 5.73 Å². The number of hydrogen-bond donors (Lipinski definition) is 2. The molecule has 1 aromatic carbocycles. The van der Waals surface area contributed by atoms with Gasteiger partial charge in [0.1, 0.15) is 0 Å². The third kappa shape index (κ3) is 4.22. The first-order valence-corrected chi connectivity index (χ1v) is 6.77. The molecule has 0 aromatic heterocycles. The highest BCUT2D eigenvalue weighted by molar-refractivity contribution is 5.57. The fourth-order valence-corrected chi connectivity index (χ4v) is 2.32. The molecule has 0 unspecified atom stereocenters. The van der Waals surface area contributed by atoms with E-state index in [9.17, 15) is 0 Å². The van der Waals surface area contributed by atoms with Crippen molar-refractivity contribution >= 4 is 11.4 Å². The van der Waals surface area contributed by atoms with Gasteiger partial charge in [0.2, 0.25) is 0 Å². The van der Waals surface area contributed by atoms with E-state index in [1.807, 2.05) is 12.1 Å². The van der Waals surface area contributed by atoms with E-state index in [2.05, 4.69) is 50.9 Å². The van der Waals surface area contributed by atoms with Gasteiger partial charge in [-0.1, -0.05) is 0 Å². The molecule has 3 heteroatoms. The number of hydrogen-bond acceptors (Lipinski definition) is 3. The molecule has 0 fully saturated rings. The minimum absolute atomic E-state index is 0.583. The summed E-state index contributed by atoms with van der Waals surface area (Å²) in [5.41, 5.74) is 8.95. The van der Waals surface area contributed by atoms with E-state index in [1.165, 1.54) is 11.3 Å². The van der Waals surface area contributed by atoms with Gasteiger partial charge in [-0.15, -0.1) is 0 Å². The standard InChI is InChI=1S/C15H27N3/c1-11(2)18(12(3)4)9-8-17-15-7-6-14(16)10-13(15)5/h6-7,10-12,17H,8-9,16H2,1-5H3. The number of aryl methyl sites for hydroxylation is 1. The highest BCUT2D eigenvalue weighted by atomic mass is 15.2. The van der Waals surface area contributed by atoms with E-state index in [0.29, 0.717) is 12.1 Å². The molecule has 0 aliphatic carbocycles. The van der Waals surface area contributed by atoms with Gasteiger partial charge in [-0.2, -0.15) is 0 Å². The van der Waals surface area contributed by atoms with E-state index in [0.717, 1.165) is 18.8 Å². The molecule has 1 aromatic rings. The smallest absolute Gasteiger partial charge is 0.0371 e. The average molecular weight is 249 g/mol. The van der Waals surface area contributed by atoms with Crippen LogP contribution in [0.2, 0.25) is 0 Å². The Hall–Kier alpha value is -1.22. The lowest BCUT2D eigenvalue weighted by Gasteiger charge is -2.30. The number of nitrogen functional groups attached to an aromatic ring is 1. The molecule has 0 atom stereocenters. The van der Waals surface area contributed by atoms with Crippen LogP contribution in [-0.4, -0.2) is 30.1 Å². The molecule has 0 aliphatic rings. The van der Waals surface area contributed by atoms with Crippen molar-refractivity contribution < 1.29 is 0 Å². The summed E-state index contributed by atoms with van der Waals surface area (Å²) in [5, 5.41) is 3.48. The number of nitrogens with one attached hydrogen (secondary N) is 1. The minimum Gasteiger partial charge on any atom is -0.399 e. The second kappa shape index (κ2) is 6.64. The lowest BCUT2D eigenvalue weighted by atomic mass is 10.2. The molecule has 102 valence electrons. The second-order valence-electron chi connectivity index (χ2n) is 5.43. The van der Waals surface area contributed by atoms with Crippen molar-refractivity contribution in [2.45, 2.75) is 46.7 Å². The molecule has 0 bridgehead atoms. The lowest BCUT2D eigenvalue weighted by molar-refractivity contribution is 0.182. The van der Waals surface area contributed by atoms with Crippen LogP contribution in [0.15, 0.2) is 18.2 Å². The molecule has 18 heavy (non-hydrogen) atoms. The molecule has 3 nitrogen and oxygen atoms in total. The molecule has 0 aliphatic heterocycles. The van der Waals surface area contributed by atoms with E-state index in [1.54, 1.807) is 0 Å². The summed E-state index contributed by atoms with van der Waals surface area (Å²) in [6.45, 7) is 13.1. The fraction of sp³-hybridized carbons (Fsp3) is 0.600. The van der Waals surface area contributed by atoms with E-state index >= 15 is 0 Å². The zero-order chi connectivity index (χ0) is 13.7. The van der Waals surface area contributed by atoms with Crippen LogP contribution in [0.25, 0.3) is 0 Å². The molecule has 0 heterocycles. The van der Waals surface area contributed by atoms with Crippen molar-refractivity contribution in [3.05, 3.63) is 23.8 Å². The third-order valence-electron chi connectivity index (χ3n) is 3.26. The normalized spacial score (nSPS) is 11.6. The van der Waals surface area contributed by atoms with Crippen LogP contribution >= 0.6 is 0 Å². The fourth-order valence-electron chi connectivity index (χ4n) is 2.32. The van der Waals surface area contributed by atoms with Gasteiger partial charge in [-0.25, -0.2) is 0 Å². The maximum absolute atomic E-state index is 5.75. The summed E-state index contributed by atoms with van der Waals surface area (Å²) in [6, 6.07) is 7.17. The van der Waals surface area contributed by atoms with E-state index in [-0.39, 0.29) is 0 Å². The second-order valence-corrected chi connectivity index (χ2v) is 5.43. The van der Waals surface area contributed by atoms with Crippen molar-refractivity contribution in [3.8, 4) is 0 Å². The predicted octanol–water partition coefficient (Wildman–Crippen LogP) is 3.11. The number of anilines is 2. The van der Waals surface area contributed by atoms with Crippen LogP contribution in [0.1, 0.15) is 33.3 Å². The maximum atomic E-state index is 5.75. The number of nitrogens with two attached hydrogens (primary N) is 1. The molecule has 1 rings (SSSR count). The Morgan fingerprint density at radius 1 is 1.17 bits per heavy atom. The Balaban J connectivity index is 2.50. The molecule has 0 spiro atoms. The molecule has 0 saturated heterocycles. The van der Waals surface area contributed by atoms with Crippen LogP contribution in [0.4, 0.5) is 11.4 Å². The van der Waals surface area contributed by atoms with Gasteiger partial charge in [-0.3, -0.25) is 4.90 Å². The first kappa shape index (κ1) is 14.8. The van der Waals surface area contributed by atoms with Crippen molar-refractivity contribution in [1.29, 1.82) is 0 Å².